The van der Waals surface area contributed by atoms with Gasteiger partial charge in [-0.1, -0.05) is 13.3 Å². The van der Waals surface area contributed by atoms with Crippen LogP contribution in [0.4, 0.5) is 5.95 Å². The zero-order chi connectivity index (χ0) is 15.8. The topological polar surface area (TPSA) is 79.8 Å². The first kappa shape index (κ1) is 15.9. The van der Waals surface area contributed by atoms with Crippen molar-refractivity contribution in [3.63, 3.8) is 0 Å². The Hall–Kier alpha value is -2.50. The molecule has 0 fully saturated rings. The van der Waals surface area contributed by atoms with Crippen LogP contribution in [0, 0.1) is 6.92 Å². The Morgan fingerprint density at radius 3 is 2.73 bits per heavy atom. The molecule has 0 aliphatic carbocycles. The fourth-order valence-corrected chi connectivity index (χ4v) is 1.91. The van der Waals surface area contributed by atoms with E-state index in [9.17, 15) is 4.79 Å². The summed E-state index contributed by atoms with van der Waals surface area (Å²) in [5.41, 5.74) is 2.22. The minimum Gasteiger partial charge on any atom is -0.351 e. The average molecular weight is 299 g/mol. The van der Waals surface area contributed by atoms with Crippen LogP contribution in [0.25, 0.3) is 0 Å². The van der Waals surface area contributed by atoms with Crippen LogP contribution < -0.4 is 10.6 Å². The van der Waals surface area contributed by atoms with E-state index in [1.165, 1.54) is 0 Å². The lowest BCUT2D eigenvalue weighted by Gasteiger charge is -2.08. The maximum Gasteiger partial charge on any atom is 0.270 e. The summed E-state index contributed by atoms with van der Waals surface area (Å²) in [5.74, 6) is 0.295. The summed E-state index contributed by atoms with van der Waals surface area (Å²) >= 11 is 0. The number of carbonyl (C=O) groups excluding carboxylic acids is 1. The molecule has 6 heteroatoms. The molecule has 1 amide bonds. The van der Waals surface area contributed by atoms with Crippen molar-refractivity contribution in [1.29, 1.82) is 0 Å². The van der Waals surface area contributed by atoms with Gasteiger partial charge < -0.3 is 10.6 Å². The summed E-state index contributed by atoms with van der Waals surface area (Å²) in [6.45, 7) is 5.19. The highest BCUT2D eigenvalue weighted by Gasteiger charge is 2.09. The lowest BCUT2D eigenvalue weighted by atomic mass is 10.3. The van der Waals surface area contributed by atoms with Crippen molar-refractivity contribution in [1.82, 2.24) is 20.3 Å². The molecular weight excluding hydrogens is 278 g/mol. The summed E-state index contributed by atoms with van der Waals surface area (Å²) in [6, 6.07) is 5.53. The van der Waals surface area contributed by atoms with E-state index in [0.717, 1.165) is 24.1 Å². The van der Waals surface area contributed by atoms with Gasteiger partial charge in [0.25, 0.3) is 5.91 Å². The van der Waals surface area contributed by atoms with Crippen LogP contribution in [-0.2, 0) is 6.54 Å². The average Bonchev–Trinajstić information content (AvgIpc) is 2.53. The monoisotopic (exact) mass is 299 g/mol. The normalized spacial score (nSPS) is 10.3. The molecule has 2 aromatic heterocycles. The van der Waals surface area contributed by atoms with E-state index in [1.54, 1.807) is 18.5 Å². The Morgan fingerprint density at radius 2 is 2.00 bits per heavy atom. The van der Waals surface area contributed by atoms with E-state index < -0.39 is 0 Å². The minimum absolute atomic E-state index is 0.161. The minimum atomic E-state index is -0.161. The standard InChI is InChI=1S/C16H21N5O/c1-3-4-7-18-15(22)14-10-12(2)20-16(21-14)19-11-13-5-8-17-9-6-13/h5-6,8-10H,3-4,7,11H2,1-2H3,(H,18,22)(H,19,20,21). The molecule has 0 unspecified atom stereocenters. The van der Waals surface area contributed by atoms with Crippen LogP contribution >= 0.6 is 0 Å². The quantitative estimate of drug-likeness (QED) is 0.767. The number of nitrogens with zero attached hydrogens (tertiary/aromatic N) is 3. The molecule has 2 N–H and O–H groups in total. The lowest BCUT2D eigenvalue weighted by molar-refractivity contribution is 0.0948. The molecule has 22 heavy (non-hydrogen) atoms. The third kappa shape index (κ3) is 4.80. The number of amides is 1. The SMILES string of the molecule is CCCCNC(=O)c1cc(C)nc(NCc2ccncc2)n1. The van der Waals surface area contributed by atoms with Crippen molar-refractivity contribution in [2.45, 2.75) is 33.2 Å². The molecule has 0 spiro atoms. The maximum atomic E-state index is 12.1. The number of unbranched alkanes of at least 4 members (excludes halogenated alkanes) is 1. The van der Waals surface area contributed by atoms with Gasteiger partial charge in [-0.15, -0.1) is 0 Å². The first-order valence-electron chi connectivity index (χ1n) is 7.45. The smallest absolute Gasteiger partial charge is 0.270 e. The van der Waals surface area contributed by atoms with Gasteiger partial charge in [0.15, 0.2) is 0 Å². The van der Waals surface area contributed by atoms with Gasteiger partial charge in [0.05, 0.1) is 0 Å². The van der Waals surface area contributed by atoms with E-state index in [-0.39, 0.29) is 5.91 Å². The van der Waals surface area contributed by atoms with E-state index in [2.05, 4.69) is 32.5 Å². The fraction of sp³-hybridized carbons (Fsp3) is 0.375. The predicted octanol–water partition coefficient (Wildman–Crippen LogP) is 2.32. The highest BCUT2D eigenvalue weighted by molar-refractivity contribution is 5.92. The molecule has 0 saturated heterocycles. The fourth-order valence-electron chi connectivity index (χ4n) is 1.91. The number of nitrogens with one attached hydrogen (secondary N) is 2. The largest absolute Gasteiger partial charge is 0.351 e. The maximum absolute atomic E-state index is 12.1. The molecule has 2 aromatic rings. The number of aromatic nitrogens is 3. The Morgan fingerprint density at radius 1 is 1.23 bits per heavy atom. The first-order chi connectivity index (χ1) is 10.7. The van der Waals surface area contributed by atoms with Crippen LogP contribution in [-0.4, -0.2) is 27.4 Å². The van der Waals surface area contributed by atoms with Crippen molar-refractivity contribution < 1.29 is 4.79 Å². The van der Waals surface area contributed by atoms with E-state index in [1.807, 2.05) is 19.1 Å². The second kappa shape index (κ2) is 8.07. The third-order valence-corrected chi connectivity index (χ3v) is 3.10. The highest BCUT2D eigenvalue weighted by atomic mass is 16.1. The van der Waals surface area contributed by atoms with Crippen molar-refractivity contribution in [3.05, 3.63) is 47.5 Å². The number of pyridine rings is 1. The van der Waals surface area contributed by atoms with Crippen LogP contribution in [0.1, 0.15) is 41.5 Å². The van der Waals surface area contributed by atoms with Gasteiger partial charge in [0.2, 0.25) is 5.95 Å². The molecule has 0 aliphatic rings. The van der Waals surface area contributed by atoms with Gasteiger partial charge in [-0.25, -0.2) is 9.97 Å². The summed E-state index contributed by atoms with van der Waals surface area (Å²) < 4.78 is 0. The number of rotatable bonds is 7. The molecule has 0 atom stereocenters. The van der Waals surface area contributed by atoms with Crippen molar-refractivity contribution >= 4 is 11.9 Å². The molecule has 116 valence electrons. The van der Waals surface area contributed by atoms with Gasteiger partial charge in [-0.05, 0) is 37.1 Å². The van der Waals surface area contributed by atoms with E-state index >= 15 is 0 Å². The molecule has 0 saturated carbocycles. The zero-order valence-electron chi connectivity index (χ0n) is 13.0. The van der Waals surface area contributed by atoms with Gasteiger partial charge in [0, 0.05) is 31.2 Å². The lowest BCUT2D eigenvalue weighted by Crippen LogP contribution is -2.26. The molecule has 2 heterocycles. The Bertz CT molecular complexity index is 615. The van der Waals surface area contributed by atoms with Crippen molar-refractivity contribution in [2.24, 2.45) is 0 Å². The number of hydrogen-bond acceptors (Lipinski definition) is 5. The Kier molecular flexibility index (Phi) is 5.82. The van der Waals surface area contributed by atoms with Crippen LogP contribution in [0.5, 0.6) is 0 Å². The van der Waals surface area contributed by atoms with Gasteiger partial charge in [-0.2, -0.15) is 0 Å². The molecule has 2 rings (SSSR count). The Balaban J connectivity index is 2.01. The third-order valence-electron chi connectivity index (χ3n) is 3.10. The van der Waals surface area contributed by atoms with Gasteiger partial charge in [-0.3, -0.25) is 9.78 Å². The second-order valence-corrected chi connectivity index (χ2v) is 5.04. The second-order valence-electron chi connectivity index (χ2n) is 5.04. The predicted molar refractivity (Wildman–Crippen MR) is 85.6 cm³/mol. The molecule has 6 nitrogen and oxygen atoms in total. The molecular formula is C16H21N5O. The summed E-state index contributed by atoms with van der Waals surface area (Å²) in [7, 11) is 0. The van der Waals surface area contributed by atoms with E-state index in [4.69, 9.17) is 0 Å². The zero-order valence-corrected chi connectivity index (χ0v) is 13.0. The number of carbonyl (C=O) groups is 1. The highest BCUT2D eigenvalue weighted by Crippen LogP contribution is 2.07. The van der Waals surface area contributed by atoms with Crippen molar-refractivity contribution in [3.8, 4) is 0 Å². The first-order valence-corrected chi connectivity index (χ1v) is 7.45. The molecule has 0 radical (unpaired) electrons. The number of hydrogen-bond donors (Lipinski definition) is 2. The summed E-state index contributed by atoms with van der Waals surface area (Å²) in [5, 5.41) is 6.00. The van der Waals surface area contributed by atoms with Gasteiger partial charge in [0.1, 0.15) is 5.69 Å². The van der Waals surface area contributed by atoms with Gasteiger partial charge >= 0.3 is 0 Å². The van der Waals surface area contributed by atoms with Crippen LogP contribution in [0.3, 0.4) is 0 Å². The number of aryl methyl sites for hydroxylation is 1. The van der Waals surface area contributed by atoms with E-state index in [0.29, 0.717) is 24.7 Å². The van der Waals surface area contributed by atoms with Crippen molar-refractivity contribution in [2.75, 3.05) is 11.9 Å². The van der Waals surface area contributed by atoms with Crippen LogP contribution in [0.2, 0.25) is 0 Å². The molecule has 0 aliphatic heterocycles. The summed E-state index contributed by atoms with van der Waals surface area (Å²) in [4.78, 5) is 24.6. The van der Waals surface area contributed by atoms with Crippen LogP contribution in [0.15, 0.2) is 30.6 Å². The summed E-state index contributed by atoms with van der Waals surface area (Å²) in [6.07, 6.45) is 5.48. The molecule has 0 aromatic carbocycles. The Labute approximate surface area is 130 Å². The molecule has 0 bridgehead atoms. The number of anilines is 1.